The van der Waals surface area contributed by atoms with Gasteiger partial charge < -0.3 is 5.32 Å². The molecule has 0 bridgehead atoms. The Morgan fingerprint density at radius 1 is 1.62 bits per heavy atom. The van der Waals surface area contributed by atoms with E-state index in [1.165, 1.54) is 9.09 Å². The number of aryl methyl sites for hydroxylation is 1. The van der Waals surface area contributed by atoms with Crippen LogP contribution in [0.2, 0.25) is 0 Å². The number of nitrogens with one attached hydrogen (secondary N) is 1. The first-order valence-corrected chi connectivity index (χ1v) is 6.30. The standard InChI is InChI=1S/C9H11NOS2/c1-12-8-5-6-7(13-8)3-2-4-10-9(6)11/h5H,2-4H2,1H3,(H,10,11). The summed E-state index contributed by atoms with van der Waals surface area (Å²) in [7, 11) is 0. The van der Waals surface area contributed by atoms with Crippen LogP contribution in [0.15, 0.2) is 10.3 Å². The van der Waals surface area contributed by atoms with Gasteiger partial charge in [-0.3, -0.25) is 4.79 Å². The van der Waals surface area contributed by atoms with E-state index in [9.17, 15) is 4.79 Å². The van der Waals surface area contributed by atoms with E-state index in [0.29, 0.717) is 0 Å². The highest BCUT2D eigenvalue weighted by Gasteiger charge is 2.17. The molecule has 0 aliphatic carbocycles. The van der Waals surface area contributed by atoms with E-state index in [1.807, 2.05) is 12.3 Å². The van der Waals surface area contributed by atoms with Gasteiger partial charge in [0.2, 0.25) is 0 Å². The lowest BCUT2D eigenvalue weighted by atomic mass is 10.2. The topological polar surface area (TPSA) is 29.1 Å². The summed E-state index contributed by atoms with van der Waals surface area (Å²) in [6.45, 7) is 0.814. The number of hydrogen-bond donors (Lipinski definition) is 1. The monoisotopic (exact) mass is 213 g/mol. The molecule has 2 nitrogen and oxygen atoms in total. The number of carbonyl (C=O) groups is 1. The average Bonchev–Trinajstić information content (AvgIpc) is 2.48. The number of rotatable bonds is 1. The molecule has 0 spiro atoms. The third-order valence-corrected chi connectivity index (χ3v) is 4.36. The summed E-state index contributed by atoms with van der Waals surface area (Å²) < 4.78 is 1.24. The van der Waals surface area contributed by atoms with E-state index in [2.05, 4.69) is 5.32 Å². The van der Waals surface area contributed by atoms with Crippen molar-refractivity contribution in [3.05, 3.63) is 16.5 Å². The first-order chi connectivity index (χ1) is 6.31. The van der Waals surface area contributed by atoms with Crippen molar-refractivity contribution in [3.63, 3.8) is 0 Å². The van der Waals surface area contributed by atoms with Crippen LogP contribution in [-0.4, -0.2) is 18.7 Å². The fourth-order valence-electron chi connectivity index (χ4n) is 1.43. The molecule has 70 valence electrons. The van der Waals surface area contributed by atoms with Gasteiger partial charge in [-0.1, -0.05) is 0 Å². The van der Waals surface area contributed by atoms with Gasteiger partial charge in [-0.25, -0.2) is 0 Å². The third-order valence-electron chi connectivity index (χ3n) is 2.10. The number of amides is 1. The molecule has 4 heteroatoms. The Bertz CT molecular complexity index is 332. The molecule has 1 amide bonds. The van der Waals surface area contributed by atoms with Crippen molar-refractivity contribution < 1.29 is 4.79 Å². The highest BCUT2D eigenvalue weighted by atomic mass is 32.2. The fraction of sp³-hybridized carbons (Fsp3) is 0.444. The van der Waals surface area contributed by atoms with Crippen molar-refractivity contribution in [2.75, 3.05) is 12.8 Å². The summed E-state index contributed by atoms with van der Waals surface area (Å²) in [5.41, 5.74) is 0.895. The van der Waals surface area contributed by atoms with Gasteiger partial charge in [-0.2, -0.15) is 0 Å². The van der Waals surface area contributed by atoms with Crippen molar-refractivity contribution in [3.8, 4) is 0 Å². The van der Waals surface area contributed by atoms with Gasteiger partial charge in [0.1, 0.15) is 0 Å². The molecule has 0 aromatic carbocycles. The van der Waals surface area contributed by atoms with E-state index in [-0.39, 0.29) is 5.91 Å². The lowest BCUT2D eigenvalue weighted by Gasteiger charge is -1.96. The maximum Gasteiger partial charge on any atom is 0.252 e. The molecule has 0 atom stereocenters. The minimum Gasteiger partial charge on any atom is -0.352 e. The molecular weight excluding hydrogens is 202 g/mol. The second-order valence-electron chi connectivity index (χ2n) is 2.97. The van der Waals surface area contributed by atoms with Gasteiger partial charge >= 0.3 is 0 Å². The lowest BCUT2D eigenvalue weighted by Crippen LogP contribution is -2.22. The van der Waals surface area contributed by atoms with Crippen molar-refractivity contribution in [1.82, 2.24) is 5.32 Å². The van der Waals surface area contributed by atoms with E-state index < -0.39 is 0 Å². The Kier molecular flexibility index (Phi) is 2.60. The first-order valence-electron chi connectivity index (χ1n) is 4.26. The molecule has 1 N–H and O–H groups in total. The van der Waals surface area contributed by atoms with E-state index >= 15 is 0 Å². The van der Waals surface area contributed by atoms with Crippen LogP contribution in [0.4, 0.5) is 0 Å². The van der Waals surface area contributed by atoms with Gasteiger partial charge in [0.15, 0.2) is 0 Å². The minimum atomic E-state index is 0.101. The highest BCUT2D eigenvalue weighted by molar-refractivity contribution is 8.00. The number of thioether (sulfide) groups is 1. The molecule has 0 radical (unpaired) electrons. The predicted molar refractivity (Wildman–Crippen MR) is 56.8 cm³/mol. The van der Waals surface area contributed by atoms with Crippen LogP contribution < -0.4 is 5.32 Å². The van der Waals surface area contributed by atoms with Crippen LogP contribution >= 0.6 is 23.1 Å². The summed E-state index contributed by atoms with van der Waals surface area (Å²) in [6.07, 6.45) is 4.15. The maximum absolute atomic E-state index is 11.5. The van der Waals surface area contributed by atoms with Crippen LogP contribution in [0.5, 0.6) is 0 Å². The molecule has 13 heavy (non-hydrogen) atoms. The normalized spacial score (nSPS) is 16.2. The third kappa shape index (κ3) is 1.74. The molecule has 0 fully saturated rings. The fourth-order valence-corrected chi connectivity index (χ4v) is 3.23. The molecule has 2 rings (SSSR count). The van der Waals surface area contributed by atoms with Crippen molar-refractivity contribution in [2.45, 2.75) is 17.1 Å². The van der Waals surface area contributed by atoms with E-state index in [0.717, 1.165) is 24.9 Å². The Morgan fingerprint density at radius 2 is 2.46 bits per heavy atom. The summed E-state index contributed by atoms with van der Waals surface area (Å²) in [6, 6.07) is 2.01. The molecule has 0 unspecified atom stereocenters. The summed E-state index contributed by atoms with van der Waals surface area (Å²) in [5, 5.41) is 2.90. The molecular formula is C9H11NOS2. The number of hydrogen-bond acceptors (Lipinski definition) is 3. The van der Waals surface area contributed by atoms with Crippen LogP contribution in [0, 0.1) is 0 Å². The average molecular weight is 213 g/mol. The SMILES string of the molecule is CSc1cc2c(s1)CCCNC2=O. The zero-order chi connectivity index (χ0) is 9.26. The largest absolute Gasteiger partial charge is 0.352 e. The smallest absolute Gasteiger partial charge is 0.252 e. The zero-order valence-corrected chi connectivity index (χ0v) is 9.06. The van der Waals surface area contributed by atoms with Gasteiger partial charge in [-0.05, 0) is 25.2 Å². The first kappa shape index (κ1) is 9.09. The summed E-state index contributed by atoms with van der Waals surface area (Å²) in [5.74, 6) is 0.101. The number of carbonyl (C=O) groups excluding carboxylic acids is 1. The molecule has 2 heterocycles. The number of fused-ring (bicyclic) bond motifs is 1. The van der Waals surface area contributed by atoms with Crippen LogP contribution in [0.25, 0.3) is 0 Å². The molecule has 0 saturated heterocycles. The second kappa shape index (κ2) is 3.72. The van der Waals surface area contributed by atoms with Gasteiger partial charge in [0.05, 0.1) is 9.77 Å². The van der Waals surface area contributed by atoms with Gasteiger partial charge in [0, 0.05) is 11.4 Å². The molecule has 1 aliphatic heterocycles. The van der Waals surface area contributed by atoms with Gasteiger partial charge in [0.25, 0.3) is 5.91 Å². The van der Waals surface area contributed by atoms with E-state index in [4.69, 9.17) is 0 Å². The maximum atomic E-state index is 11.5. The zero-order valence-electron chi connectivity index (χ0n) is 7.42. The van der Waals surface area contributed by atoms with Crippen molar-refractivity contribution >= 4 is 29.0 Å². The summed E-state index contributed by atoms with van der Waals surface area (Å²) >= 11 is 3.46. The molecule has 1 aliphatic rings. The molecule has 1 aromatic heterocycles. The minimum absolute atomic E-state index is 0.101. The second-order valence-corrected chi connectivity index (χ2v) is 5.21. The lowest BCUT2D eigenvalue weighted by molar-refractivity contribution is 0.0956. The van der Waals surface area contributed by atoms with E-state index in [1.54, 1.807) is 23.1 Å². The highest BCUT2D eigenvalue weighted by Crippen LogP contribution is 2.31. The quantitative estimate of drug-likeness (QED) is 0.724. The van der Waals surface area contributed by atoms with Crippen LogP contribution in [0.1, 0.15) is 21.7 Å². The Hall–Kier alpha value is -0.480. The number of thiophene rings is 1. The summed E-state index contributed by atoms with van der Waals surface area (Å²) in [4.78, 5) is 12.8. The van der Waals surface area contributed by atoms with Crippen LogP contribution in [0.3, 0.4) is 0 Å². The van der Waals surface area contributed by atoms with Gasteiger partial charge in [-0.15, -0.1) is 23.1 Å². The van der Waals surface area contributed by atoms with Crippen molar-refractivity contribution in [1.29, 1.82) is 0 Å². The van der Waals surface area contributed by atoms with Crippen molar-refractivity contribution in [2.24, 2.45) is 0 Å². The molecule has 1 aromatic rings. The van der Waals surface area contributed by atoms with Crippen LogP contribution in [-0.2, 0) is 6.42 Å². The predicted octanol–water partition coefficient (Wildman–Crippen LogP) is 2.15. The Morgan fingerprint density at radius 3 is 3.23 bits per heavy atom. The molecule has 0 saturated carbocycles. The Balaban J connectivity index is 2.39. The Labute approximate surface area is 85.7 Å².